The number of aromatic amines is 1. The molecule has 0 amide bonds. The monoisotopic (exact) mass is 446 g/mol. The SMILES string of the molecule is Cc1nnc(NNc2nc(N3CC(N)CC(N)C3)nc(N3CC(N)CC(N)C3)n2)[nH]c1=O. The van der Waals surface area contributed by atoms with E-state index in [-0.39, 0.29) is 47.3 Å². The van der Waals surface area contributed by atoms with Crippen LogP contribution in [0.1, 0.15) is 18.5 Å². The Labute approximate surface area is 184 Å². The molecule has 15 heteroatoms. The van der Waals surface area contributed by atoms with E-state index in [0.29, 0.717) is 38.1 Å². The van der Waals surface area contributed by atoms with Gasteiger partial charge in [0.2, 0.25) is 23.8 Å². The van der Waals surface area contributed by atoms with Crippen LogP contribution in [0.25, 0.3) is 0 Å². The fraction of sp³-hybridized carbons (Fsp3) is 0.647. The number of hydrogen-bond acceptors (Lipinski definition) is 14. The highest BCUT2D eigenvalue weighted by Gasteiger charge is 2.28. The molecule has 2 aliphatic rings. The van der Waals surface area contributed by atoms with Gasteiger partial charge < -0.3 is 32.7 Å². The summed E-state index contributed by atoms with van der Waals surface area (Å²) in [6.45, 7) is 3.84. The number of nitrogens with one attached hydrogen (secondary N) is 3. The number of piperidine rings is 2. The number of aromatic nitrogens is 6. The van der Waals surface area contributed by atoms with Crippen molar-refractivity contribution < 1.29 is 0 Å². The Balaban J connectivity index is 1.61. The van der Waals surface area contributed by atoms with E-state index in [4.69, 9.17) is 22.9 Å². The lowest BCUT2D eigenvalue weighted by Crippen LogP contribution is -2.54. The molecule has 2 fully saturated rings. The molecule has 0 saturated carbocycles. The molecule has 2 aliphatic heterocycles. The summed E-state index contributed by atoms with van der Waals surface area (Å²) in [5.74, 6) is 1.20. The van der Waals surface area contributed by atoms with E-state index < -0.39 is 0 Å². The lowest BCUT2D eigenvalue weighted by atomic mass is 10.0. The van der Waals surface area contributed by atoms with E-state index in [1.165, 1.54) is 0 Å². The zero-order valence-electron chi connectivity index (χ0n) is 17.9. The topological polar surface area (TPSA) is 232 Å². The Hall–Kier alpha value is -3.14. The predicted octanol–water partition coefficient (Wildman–Crippen LogP) is -3.17. The van der Waals surface area contributed by atoms with Crippen molar-refractivity contribution in [2.45, 2.75) is 43.9 Å². The van der Waals surface area contributed by atoms with Gasteiger partial charge in [0.25, 0.3) is 5.56 Å². The summed E-state index contributed by atoms with van der Waals surface area (Å²) in [6.07, 6.45) is 1.47. The molecule has 174 valence electrons. The summed E-state index contributed by atoms with van der Waals surface area (Å²) in [4.78, 5) is 31.9. The molecule has 2 saturated heterocycles. The number of aryl methyl sites for hydroxylation is 1. The van der Waals surface area contributed by atoms with Crippen molar-refractivity contribution in [1.82, 2.24) is 30.1 Å². The summed E-state index contributed by atoms with van der Waals surface area (Å²) >= 11 is 0. The quantitative estimate of drug-likeness (QED) is 0.224. The van der Waals surface area contributed by atoms with Gasteiger partial charge in [0, 0.05) is 50.3 Å². The fourth-order valence-electron chi connectivity index (χ4n) is 3.94. The maximum absolute atomic E-state index is 11.8. The average molecular weight is 447 g/mol. The summed E-state index contributed by atoms with van der Waals surface area (Å²) in [5.41, 5.74) is 30.1. The minimum absolute atomic E-state index is 0.0850. The largest absolute Gasteiger partial charge is 0.338 e. The van der Waals surface area contributed by atoms with Crippen LogP contribution in [0, 0.1) is 6.92 Å². The molecule has 4 rings (SSSR count). The van der Waals surface area contributed by atoms with E-state index in [9.17, 15) is 4.79 Å². The number of hydrazine groups is 1. The normalized spacial score (nSPS) is 26.2. The van der Waals surface area contributed by atoms with Crippen LogP contribution in [0.3, 0.4) is 0 Å². The van der Waals surface area contributed by atoms with Crippen LogP contribution in [0.4, 0.5) is 23.8 Å². The van der Waals surface area contributed by atoms with Gasteiger partial charge >= 0.3 is 0 Å². The van der Waals surface area contributed by atoms with Crippen LogP contribution in [0.15, 0.2) is 4.79 Å². The molecule has 2 aromatic rings. The highest BCUT2D eigenvalue weighted by atomic mass is 16.1. The lowest BCUT2D eigenvalue weighted by Gasteiger charge is -2.36. The summed E-state index contributed by atoms with van der Waals surface area (Å²) in [7, 11) is 0. The maximum atomic E-state index is 11.8. The third kappa shape index (κ3) is 5.18. The van der Waals surface area contributed by atoms with Gasteiger partial charge in [-0.3, -0.25) is 20.6 Å². The third-order valence-electron chi connectivity index (χ3n) is 5.36. The van der Waals surface area contributed by atoms with Crippen LogP contribution >= 0.6 is 0 Å². The molecular weight excluding hydrogens is 416 g/mol. The number of H-pyrrole nitrogens is 1. The van der Waals surface area contributed by atoms with Gasteiger partial charge in [0.05, 0.1) is 0 Å². The van der Waals surface area contributed by atoms with Crippen molar-refractivity contribution in [3.63, 3.8) is 0 Å². The summed E-state index contributed by atoms with van der Waals surface area (Å²) < 4.78 is 0. The second-order valence-electron chi connectivity index (χ2n) is 8.42. The van der Waals surface area contributed by atoms with Gasteiger partial charge in [-0.05, 0) is 19.8 Å². The van der Waals surface area contributed by atoms with Crippen molar-refractivity contribution >= 4 is 23.8 Å². The van der Waals surface area contributed by atoms with Gasteiger partial charge in [0.15, 0.2) is 0 Å². The van der Waals surface area contributed by atoms with Crippen molar-refractivity contribution in [1.29, 1.82) is 0 Å². The molecule has 0 bridgehead atoms. The van der Waals surface area contributed by atoms with Crippen LogP contribution in [0.5, 0.6) is 0 Å². The molecule has 2 aromatic heterocycles. The summed E-state index contributed by atoms with van der Waals surface area (Å²) in [5, 5.41) is 7.67. The maximum Gasteiger partial charge on any atom is 0.274 e. The molecule has 0 spiro atoms. The first-order valence-electron chi connectivity index (χ1n) is 10.5. The number of nitrogens with zero attached hydrogens (tertiary/aromatic N) is 7. The zero-order valence-corrected chi connectivity index (χ0v) is 17.9. The van der Waals surface area contributed by atoms with E-state index in [1.54, 1.807) is 6.92 Å². The lowest BCUT2D eigenvalue weighted by molar-refractivity contribution is 0.441. The number of rotatable bonds is 5. The third-order valence-corrected chi connectivity index (χ3v) is 5.36. The van der Waals surface area contributed by atoms with Gasteiger partial charge in [-0.15, -0.1) is 10.2 Å². The molecule has 4 atom stereocenters. The van der Waals surface area contributed by atoms with Crippen LogP contribution in [0.2, 0.25) is 0 Å². The van der Waals surface area contributed by atoms with E-state index in [0.717, 1.165) is 12.8 Å². The molecule has 0 radical (unpaired) electrons. The molecule has 32 heavy (non-hydrogen) atoms. The van der Waals surface area contributed by atoms with Crippen molar-refractivity contribution in [3.05, 3.63) is 16.0 Å². The van der Waals surface area contributed by atoms with Gasteiger partial charge in [0.1, 0.15) is 5.69 Å². The Morgan fingerprint density at radius 1 is 0.812 bits per heavy atom. The number of hydrogen-bond donors (Lipinski definition) is 7. The van der Waals surface area contributed by atoms with Crippen molar-refractivity contribution in [2.75, 3.05) is 46.8 Å². The van der Waals surface area contributed by atoms with Crippen LogP contribution in [-0.4, -0.2) is 80.5 Å². The molecule has 4 unspecified atom stereocenters. The second kappa shape index (κ2) is 9.15. The predicted molar refractivity (Wildman–Crippen MR) is 120 cm³/mol. The number of nitrogens with two attached hydrogens (primary N) is 4. The van der Waals surface area contributed by atoms with Gasteiger partial charge in [-0.1, -0.05) is 0 Å². The Bertz CT molecular complexity index is 933. The van der Waals surface area contributed by atoms with E-state index >= 15 is 0 Å². The van der Waals surface area contributed by atoms with Crippen molar-refractivity contribution in [3.8, 4) is 0 Å². The van der Waals surface area contributed by atoms with Crippen LogP contribution in [-0.2, 0) is 0 Å². The first-order valence-corrected chi connectivity index (χ1v) is 10.5. The minimum atomic E-state index is -0.353. The summed E-state index contributed by atoms with van der Waals surface area (Å²) in [6, 6.07) is -0.340. The van der Waals surface area contributed by atoms with E-state index in [1.807, 2.05) is 9.80 Å². The Kier molecular flexibility index (Phi) is 6.31. The molecule has 11 N–H and O–H groups in total. The molecular formula is C17H30N14O. The first kappa shape index (κ1) is 22.1. The minimum Gasteiger partial charge on any atom is -0.338 e. The van der Waals surface area contributed by atoms with Crippen LogP contribution < -0.4 is 49.1 Å². The van der Waals surface area contributed by atoms with Gasteiger partial charge in [-0.25, -0.2) is 0 Å². The molecule has 0 aliphatic carbocycles. The smallest absolute Gasteiger partial charge is 0.274 e. The molecule has 0 aromatic carbocycles. The number of anilines is 4. The molecule has 15 nitrogen and oxygen atoms in total. The first-order chi connectivity index (χ1) is 15.3. The Morgan fingerprint density at radius 2 is 1.31 bits per heavy atom. The average Bonchev–Trinajstić information content (AvgIpc) is 2.73. The fourth-order valence-corrected chi connectivity index (χ4v) is 3.94. The van der Waals surface area contributed by atoms with Gasteiger partial charge in [-0.2, -0.15) is 15.0 Å². The molecule has 4 heterocycles. The second-order valence-corrected chi connectivity index (χ2v) is 8.42. The highest BCUT2D eigenvalue weighted by Crippen LogP contribution is 2.22. The highest BCUT2D eigenvalue weighted by molar-refractivity contribution is 5.48. The standard InChI is InChI=1S/C17H30N14O/c1-8-13(32)22-15(28-26-8)29-27-14-23-16(30-4-9(18)2-10(19)5-30)25-17(24-14)31-6-11(20)3-12(21)7-31/h9-12H,2-7,18-21H2,1H3,(H2,22,28,29,32)(H,23,24,25,27). The Morgan fingerprint density at radius 3 is 1.78 bits per heavy atom. The zero-order chi connectivity index (χ0) is 22.8. The van der Waals surface area contributed by atoms with Crippen molar-refractivity contribution in [2.24, 2.45) is 22.9 Å². The van der Waals surface area contributed by atoms with E-state index in [2.05, 4.69) is 41.0 Å².